The third kappa shape index (κ3) is 2.62. The Balaban J connectivity index is 1.87. The summed E-state index contributed by atoms with van der Waals surface area (Å²) in [7, 11) is 0. The standard InChI is InChI=1S/C15H14ClN3/c16-11-6-7-13-14(9-11)19-15(18-13)12(17)8-10-4-2-1-3-5-10/h1-7,9,12H,8,17H2,(H,18,19). The summed E-state index contributed by atoms with van der Waals surface area (Å²) in [5, 5.41) is 0.683. The number of benzene rings is 2. The highest BCUT2D eigenvalue weighted by Gasteiger charge is 2.12. The lowest BCUT2D eigenvalue weighted by atomic mass is 10.1. The number of fused-ring (bicyclic) bond motifs is 1. The fraction of sp³-hybridized carbons (Fsp3) is 0.133. The Hall–Kier alpha value is -1.84. The highest BCUT2D eigenvalue weighted by Crippen LogP contribution is 2.20. The highest BCUT2D eigenvalue weighted by molar-refractivity contribution is 6.31. The van der Waals surface area contributed by atoms with Gasteiger partial charge >= 0.3 is 0 Å². The smallest absolute Gasteiger partial charge is 0.124 e. The molecule has 19 heavy (non-hydrogen) atoms. The highest BCUT2D eigenvalue weighted by atomic mass is 35.5. The Morgan fingerprint density at radius 3 is 2.74 bits per heavy atom. The van der Waals surface area contributed by atoms with Gasteiger partial charge in [-0.3, -0.25) is 0 Å². The van der Waals surface area contributed by atoms with E-state index in [2.05, 4.69) is 22.1 Å². The van der Waals surface area contributed by atoms with E-state index >= 15 is 0 Å². The van der Waals surface area contributed by atoms with E-state index in [0.29, 0.717) is 5.02 Å². The molecule has 2 aromatic carbocycles. The Morgan fingerprint density at radius 1 is 1.16 bits per heavy atom. The predicted octanol–water partition coefficient (Wildman–Crippen LogP) is 3.46. The third-order valence-corrected chi connectivity index (χ3v) is 3.35. The molecular weight excluding hydrogens is 258 g/mol. The van der Waals surface area contributed by atoms with Crippen molar-refractivity contribution in [3.63, 3.8) is 0 Å². The first-order chi connectivity index (χ1) is 9.22. The molecule has 0 aliphatic heterocycles. The second-order valence-corrected chi connectivity index (χ2v) is 5.02. The van der Waals surface area contributed by atoms with E-state index in [1.54, 1.807) is 0 Å². The van der Waals surface area contributed by atoms with Gasteiger partial charge in [-0.1, -0.05) is 41.9 Å². The van der Waals surface area contributed by atoms with Gasteiger partial charge in [-0.15, -0.1) is 0 Å². The van der Waals surface area contributed by atoms with E-state index in [-0.39, 0.29) is 6.04 Å². The van der Waals surface area contributed by atoms with Crippen LogP contribution >= 0.6 is 11.6 Å². The van der Waals surface area contributed by atoms with Crippen molar-refractivity contribution < 1.29 is 0 Å². The summed E-state index contributed by atoms with van der Waals surface area (Å²) in [6.07, 6.45) is 0.758. The number of imidazole rings is 1. The van der Waals surface area contributed by atoms with Crippen LogP contribution < -0.4 is 5.73 Å². The first-order valence-corrected chi connectivity index (χ1v) is 6.55. The molecule has 3 N–H and O–H groups in total. The zero-order valence-corrected chi connectivity index (χ0v) is 11.1. The van der Waals surface area contributed by atoms with Gasteiger partial charge in [-0.25, -0.2) is 4.98 Å². The monoisotopic (exact) mass is 271 g/mol. The van der Waals surface area contributed by atoms with Crippen molar-refractivity contribution in [3.05, 3.63) is 64.9 Å². The summed E-state index contributed by atoms with van der Waals surface area (Å²) >= 11 is 5.95. The summed E-state index contributed by atoms with van der Waals surface area (Å²) < 4.78 is 0. The molecule has 0 radical (unpaired) electrons. The molecule has 0 aliphatic rings. The van der Waals surface area contributed by atoms with Crippen LogP contribution in [0, 0.1) is 0 Å². The maximum atomic E-state index is 6.20. The minimum atomic E-state index is -0.145. The molecule has 3 nitrogen and oxygen atoms in total. The molecule has 1 heterocycles. The summed E-state index contributed by atoms with van der Waals surface area (Å²) in [5.41, 5.74) is 9.22. The summed E-state index contributed by atoms with van der Waals surface area (Å²) in [5.74, 6) is 0.793. The van der Waals surface area contributed by atoms with E-state index in [4.69, 9.17) is 17.3 Å². The largest absolute Gasteiger partial charge is 0.341 e. The van der Waals surface area contributed by atoms with E-state index in [0.717, 1.165) is 23.3 Å². The molecule has 96 valence electrons. The molecule has 1 aromatic heterocycles. The lowest BCUT2D eigenvalue weighted by Crippen LogP contribution is -2.14. The van der Waals surface area contributed by atoms with E-state index in [9.17, 15) is 0 Å². The van der Waals surface area contributed by atoms with Gasteiger partial charge in [0.2, 0.25) is 0 Å². The lowest BCUT2D eigenvalue weighted by molar-refractivity contribution is 0.680. The number of nitrogens with zero attached hydrogens (tertiary/aromatic N) is 1. The van der Waals surface area contributed by atoms with Crippen molar-refractivity contribution in [1.82, 2.24) is 9.97 Å². The minimum Gasteiger partial charge on any atom is -0.341 e. The van der Waals surface area contributed by atoms with Crippen molar-refractivity contribution in [2.24, 2.45) is 5.73 Å². The van der Waals surface area contributed by atoms with E-state index in [1.165, 1.54) is 5.56 Å². The Morgan fingerprint density at radius 2 is 1.95 bits per heavy atom. The number of hydrogen-bond donors (Lipinski definition) is 2. The quantitative estimate of drug-likeness (QED) is 0.766. The number of H-pyrrole nitrogens is 1. The topological polar surface area (TPSA) is 54.7 Å². The second-order valence-electron chi connectivity index (χ2n) is 4.58. The van der Waals surface area contributed by atoms with Gasteiger partial charge in [0.25, 0.3) is 0 Å². The number of hydrogen-bond acceptors (Lipinski definition) is 2. The SMILES string of the molecule is NC(Cc1ccccc1)c1nc2cc(Cl)ccc2[nH]1. The van der Waals surface area contributed by atoms with Crippen LogP contribution in [0.25, 0.3) is 11.0 Å². The van der Waals surface area contributed by atoms with Gasteiger partial charge in [-0.2, -0.15) is 0 Å². The summed E-state index contributed by atoms with van der Waals surface area (Å²) in [6, 6.07) is 15.6. The van der Waals surface area contributed by atoms with Crippen LogP contribution in [0.2, 0.25) is 5.02 Å². The van der Waals surface area contributed by atoms with E-state index < -0.39 is 0 Å². The van der Waals surface area contributed by atoms with Crippen LogP contribution in [-0.2, 0) is 6.42 Å². The molecule has 0 bridgehead atoms. The van der Waals surface area contributed by atoms with Gasteiger partial charge < -0.3 is 10.7 Å². The first kappa shape index (κ1) is 12.2. The number of aromatic nitrogens is 2. The van der Waals surface area contributed by atoms with Gasteiger partial charge in [0.1, 0.15) is 5.82 Å². The number of halogens is 1. The molecule has 1 atom stereocenters. The van der Waals surface area contributed by atoms with Crippen LogP contribution in [0.4, 0.5) is 0 Å². The fourth-order valence-electron chi connectivity index (χ4n) is 2.14. The molecule has 4 heteroatoms. The van der Waals surface area contributed by atoms with Crippen LogP contribution in [-0.4, -0.2) is 9.97 Å². The molecule has 0 saturated carbocycles. The Kier molecular flexibility index (Phi) is 3.23. The summed E-state index contributed by atoms with van der Waals surface area (Å²) in [6.45, 7) is 0. The van der Waals surface area contributed by atoms with Crippen molar-refractivity contribution in [2.75, 3.05) is 0 Å². The third-order valence-electron chi connectivity index (χ3n) is 3.11. The molecular formula is C15H14ClN3. The number of aromatic amines is 1. The van der Waals surface area contributed by atoms with Crippen molar-refractivity contribution in [2.45, 2.75) is 12.5 Å². The van der Waals surface area contributed by atoms with Crippen LogP contribution in [0.5, 0.6) is 0 Å². The van der Waals surface area contributed by atoms with Gasteiger partial charge in [-0.05, 0) is 30.2 Å². The fourth-order valence-corrected chi connectivity index (χ4v) is 2.31. The molecule has 0 aliphatic carbocycles. The zero-order chi connectivity index (χ0) is 13.2. The Bertz CT molecular complexity index is 691. The molecule has 1 unspecified atom stereocenters. The van der Waals surface area contributed by atoms with Crippen molar-refractivity contribution in [1.29, 1.82) is 0 Å². The van der Waals surface area contributed by atoms with Gasteiger partial charge in [0, 0.05) is 5.02 Å². The lowest BCUT2D eigenvalue weighted by Gasteiger charge is -2.08. The molecule has 0 saturated heterocycles. The summed E-state index contributed by atoms with van der Waals surface area (Å²) in [4.78, 5) is 7.75. The molecule has 0 spiro atoms. The Labute approximate surface area is 116 Å². The minimum absolute atomic E-state index is 0.145. The molecule has 3 rings (SSSR count). The number of nitrogens with two attached hydrogens (primary N) is 1. The van der Waals surface area contributed by atoms with Crippen LogP contribution in [0.1, 0.15) is 17.4 Å². The number of rotatable bonds is 3. The van der Waals surface area contributed by atoms with Crippen molar-refractivity contribution in [3.8, 4) is 0 Å². The van der Waals surface area contributed by atoms with Gasteiger partial charge in [0.15, 0.2) is 0 Å². The average molecular weight is 272 g/mol. The van der Waals surface area contributed by atoms with Crippen LogP contribution in [0.15, 0.2) is 48.5 Å². The predicted molar refractivity (Wildman–Crippen MR) is 78.2 cm³/mol. The normalized spacial score (nSPS) is 12.7. The van der Waals surface area contributed by atoms with Gasteiger partial charge in [0.05, 0.1) is 17.1 Å². The van der Waals surface area contributed by atoms with Crippen LogP contribution in [0.3, 0.4) is 0 Å². The maximum absolute atomic E-state index is 6.20. The number of nitrogens with one attached hydrogen (secondary N) is 1. The molecule has 0 amide bonds. The second kappa shape index (κ2) is 5.03. The molecule has 3 aromatic rings. The average Bonchev–Trinajstić information content (AvgIpc) is 2.83. The zero-order valence-electron chi connectivity index (χ0n) is 10.3. The first-order valence-electron chi connectivity index (χ1n) is 6.17. The molecule has 0 fully saturated rings. The van der Waals surface area contributed by atoms with E-state index in [1.807, 2.05) is 36.4 Å². The van der Waals surface area contributed by atoms with Crippen molar-refractivity contribution >= 4 is 22.6 Å². The maximum Gasteiger partial charge on any atom is 0.124 e.